The third kappa shape index (κ3) is 5.82. The van der Waals surface area contributed by atoms with E-state index in [0.29, 0.717) is 12.7 Å². The first-order valence-corrected chi connectivity index (χ1v) is 6.17. The van der Waals surface area contributed by atoms with Crippen LogP contribution in [0.2, 0.25) is 0 Å². The summed E-state index contributed by atoms with van der Waals surface area (Å²) in [6.07, 6.45) is -0.939. The number of nitrogens with zero attached hydrogens (tertiary/aromatic N) is 1. The highest BCUT2D eigenvalue weighted by molar-refractivity contribution is 5.92. The summed E-state index contributed by atoms with van der Waals surface area (Å²) in [5.41, 5.74) is 0.214. The molecule has 1 amide bonds. The predicted octanol–water partition coefficient (Wildman–Crippen LogP) is 2.59. The Morgan fingerprint density at radius 1 is 1.32 bits per heavy atom. The quantitative estimate of drug-likeness (QED) is 0.817. The molecule has 0 fully saturated rings. The van der Waals surface area contributed by atoms with Gasteiger partial charge in [-0.15, -0.1) is 24.8 Å². The fourth-order valence-corrected chi connectivity index (χ4v) is 1.81. The van der Waals surface area contributed by atoms with Crippen LogP contribution in [0.3, 0.4) is 0 Å². The van der Waals surface area contributed by atoms with Crippen molar-refractivity contribution in [3.05, 3.63) is 41.2 Å². The monoisotopic (exact) mass is 357 g/mol. The number of carbonyl (C=O) groups is 1. The second-order valence-corrected chi connectivity index (χ2v) is 4.43. The molecule has 0 saturated carbocycles. The van der Waals surface area contributed by atoms with Crippen LogP contribution in [0.25, 0.3) is 0 Å². The van der Waals surface area contributed by atoms with Gasteiger partial charge in [0, 0.05) is 19.3 Å². The number of rotatable bonds is 3. The molecule has 0 aromatic carbocycles. The topological polar surface area (TPSA) is 54.0 Å². The van der Waals surface area contributed by atoms with Gasteiger partial charge in [-0.05, 0) is 25.1 Å². The molecule has 124 valence electrons. The van der Waals surface area contributed by atoms with Gasteiger partial charge in [0.1, 0.15) is 5.69 Å². The zero-order chi connectivity index (χ0) is 14.6. The molecule has 2 rings (SSSR count). The van der Waals surface area contributed by atoms with Gasteiger partial charge < -0.3 is 10.6 Å². The van der Waals surface area contributed by atoms with Gasteiger partial charge in [-0.25, -0.2) is 0 Å². The minimum atomic E-state index is -4.44. The number of carbonyl (C=O) groups excluding carboxylic acids is 1. The third-order valence-electron chi connectivity index (χ3n) is 2.96. The van der Waals surface area contributed by atoms with E-state index in [4.69, 9.17) is 0 Å². The number of hydrogen-bond donors (Lipinski definition) is 2. The van der Waals surface area contributed by atoms with Crippen molar-refractivity contribution in [3.8, 4) is 0 Å². The first-order chi connectivity index (χ1) is 9.47. The van der Waals surface area contributed by atoms with Crippen LogP contribution in [0.5, 0.6) is 0 Å². The van der Waals surface area contributed by atoms with Crippen molar-refractivity contribution in [1.82, 2.24) is 15.6 Å². The Balaban J connectivity index is 0.00000220. The van der Waals surface area contributed by atoms with Crippen molar-refractivity contribution < 1.29 is 18.0 Å². The summed E-state index contributed by atoms with van der Waals surface area (Å²) in [5.74, 6) is -0.474. The minimum absolute atomic E-state index is 0. The number of hydrogen-bond acceptors (Lipinski definition) is 3. The van der Waals surface area contributed by atoms with Gasteiger partial charge in [0.25, 0.3) is 5.91 Å². The minimum Gasteiger partial charge on any atom is -0.347 e. The van der Waals surface area contributed by atoms with E-state index in [-0.39, 0.29) is 30.5 Å². The Kier molecular flexibility index (Phi) is 8.44. The zero-order valence-corrected chi connectivity index (χ0v) is 13.1. The van der Waals surface area contributed by atoms with E-state index in [1.165, 1.54) is 0 Å². The molecule has 0 aliphatic carbocycles. The molecule has 1 aliphatic heterocycles. The largest absolute Gasteiger partial charge is 0.417 e. The standard InChI is InChI=1S/C13H14F3N3O.2ClH/c14-13(15,16)10-1-2-11(18-8-10)12(20)19-7-9-3-5-17-6-4-9;;/h1-3,8,17H,4-7H2,(H,19,20);2*1H. The smallest absolute Gasteiger partial charge is 0.347 e. The summed E-state index contributed by atoms with van der Waals surface area (Å²) in [7, 11) is 0. The number of halogens is 5. The van der Waals surface area contributed by atoms with Crippen LogP contribution < -0.4 is 10.6 Å². The molecule has 0 saturated heterocycles. The number of nitrogens with one attached hydrogen (secondary N) is 2. The molecule has 0 unspecified atom stereocenters. The third-order valence-corrected chi connectivity index (χ3v) is 2.96. The van der Waals surface area contributed by atoms with Crippen LogP contribution in [0.15, 0.2) is 30.0 Å². The second-order valence-electron chi connectivity index (χ2n) is 4.43. The van der Waals surface area contributed by atoms with E-state index in [1.807, 2.05) is 6.08 Å². The lowest BCUT2D eigenvalue weighted by atomic mass is 10.1. The maximum Gasteiger partial charge on any atom is 0.417 e. The van der Waals surface area contributed by atoms with Crippen LogP contribution in [0.4, 0.5) is 13.2 Å². The van der Waals surface area contributed by atoms with E-state index in [9.17, 15) is 18.0 Å². The molecule has 1 aliphatic rings. The first-order valence-electron chi connectivity index (χ1n) is 6.17. The summed E-state index contributed by atoms with van der Waals surface area (Å²) < 4.78 is 37.1. The number of pyridine rings is 1. The zero-order valence-electron chi connectivity index (χ0n) is 11.4. The molecule has 2 heterocycles. The van der Waals surface area contributed by atoms with Crippen molar-refractivity contribution in [2.75, 3.05) is 19.6 Å². The summed E-state index contributed by atoms with van der Waals surface area (Å²) in [6, 6.07) is 1.93. The van der Waals surface area contributed by atoms with Gasteiger partial charge in [-0.2, -0.15) is 13.2 Å². The molecule has 4 nitrogen and oxygen atoms in total. The van der Waals surface area contributed by atoms with Crippen molar-refractivity contribution in [3.63, 3.8) is 0 Å². The average Bonchev–Trinajstić information content (AvgIpc) is 2.45. The highest BCUT2D eigenvalue weighted by atomic mass is 35.5. The van der Waals surface area contributed by atoms with Gasteiger partial charge in [0.15, 0.2) is 0 Å². The molecule has 0 atom stereocenters. The highest BCUT2D eigenvalue weighted by Crippen LogP contribution is 2.28. The number of aromatic nitrogens is 1. The van der Waals surface area contributed by atoms with Crippen LogP contribution in [0.1, 0.15) is 22.5 Å². The van der Waals surface area contributed by atoms with Crippen LogP contribution in [-0.2, 0) is 6.18 Å². The lowest BCUT2D eigenvalue weighted by Crippen LogP contribution is -2.30. The van der Waals surface area contributed by atoms with E-state index < -0.39 is 17.6 Å². The Bertz CT molecular complexity index is 518. The number of amides is 1. The van der Waals surface area contributed by atoms with Gasteiger partial charge in [-0.1, -0.05) is 11.6 Å². The molecule has 1 aromatic heterocycles. The van der Waals surface area contributed by atoms with Gasteiger partial charge in [0.2, 0.25) is 0 Å². The van der Waals surface area contributed by atoms with Crippen molar-refractivity contribution in [2.24, 2.45) is 0 Å². The van der Waals surface area contributed by atoms with E-state index in [2.05, 4.69) is 15.6 Å². The maximum atomic E-state index is 12.4. The maximum absolute atomic E-state index is 12.4. The average molecular weight is 358 g/mol. The fraction of sp³-hybridized carbons (Fsp3) is 0.385. The molecule has 9 heteroatoms. The summed E-state index contributed by atoms with van der Waals surface area (Å²) in [5, 5.41) is 5.79. The molecule has 0 radical (unpaired) electrons. The first kappa shape index (κ1) is 20.7. The van der Waals surface area contributed by atoms with E-state index >= 15 is 0 Å². The predicted molar refractivity (Wildman–Crippen MR) is 81.6 cm³/mol. The molecular weight excluding hydrogens is 342 g/mol. The molecule has 22 heavy (non-hydrogen) atoms. The van der Waals surface area contributed by atoms with Crippen molar-refractivity contribution >= 4 is 30.7 Å². The lowest BCUT2D eigenvalue weighted by molar-refractivity contribution is -0.137. The van der Waals surface area contributed by atoms with Crippen LogP contribution >= 0.6 is 24.8 Å². The summed E-state index contributed by atoms with van der Waals surface area (Å²) >= 11 is 0. The van der Waals surface area contributed by atoms with Gasteiger partial charge in [0.05, 0.1) is 5.56 Å². The van der Waals surface area contributed by atoms with E-state index in [0.717, 1.165) is 37.2 Å². The SMILES string of the molecule is Cl.Cl.O=C(NCC1=CCNCC1)c1ccc(C(F)(F)F)cn1. The number of alkyl halides is 3. The van der Waals surface area contributed by atoms with Crippen molar-refractivity contribution in [1.29, 1.82) is 0 Å². The summed E-state index contributed by atoms with van der Waals surface area (Å²) in [6.45, 7) is 2.02. The molecule has 0 bridgehead atoms. The molecule has 0 spiro atoms. The Morgan fingerprint density at radius 3 is 2.55 bits per heavy atom. The molecular formula is C13H16Cl2F3N3O. The van der Waals surface area contributed by atoms with E-state index in [1.54, 1.807) is 0 Å². The fourth-order valence-electron chi connectivity index (χ4n) is 1.81. The molecule has 2 N–H and O–H groups in total. The van der Waals surface area contributed by atoms with Gasteiger partial charge in [-0.3, -0.25) is 9.78 Å². The Morgan fingerprint density at radius 2 is 2.05 bits per heavy atom. The lowest BCUT2D eigenvalue weighted by Gasteiger charge is -2.14. The van der Waals surface area contributed by atoms with Crippen LogP contribution in [0, 0.1) is 0 Å². The highest BCUT2D eigenvalue weighted by Gasteiger charge is 2.30. The van der Waals surface area contributed by atoms with Crippen LogP contribution in [-0.4, -0.2) is 30.5 Å². The Hall–Kier alpha value is -1.31. The normalized spacial score (nSPS) is 14.2. The summed E-state index contributed by atoms with van der Waals surface area (Å²) in [4.78, 5) is 15.3. The van der Waals surface area contributed by atoms with Gasteiger partial charge >= 0.3 is 6.18 Å². The van der Waals surface area contributed by atoms with Crippen molar-refractivity contribution in [2.45, 2.75) is 12.6 Å². The second kappa shape index (κ2) is 8.97. The molecule has 1 aromatic rings. The Labute approximate surface area is 138 Å².